The van der Waals surface area contributed by atoms with Crippen LogP contribution in [0.3, 0.4) is 0 Å². The van der Waals surface area contributed by atoms with Crippen molar-refractivity contribution in [2.24, 2.45) is 10.9 Å². The molecule has 6 heteroatoms. The van der Waals surface area contributed by atoms with E-state index in [0.717, 1.165) is 42.9 Å². The third-order valence-corrected chi connectivity index (χ3v) is 5.34. The molecule has 3 heterocycles. The van der Waals surface area contributed by atoms with Crippen molar-refractivity contribution in [1.82, 2.24) is 10.3 Å². The number of aromatic nitrogens is 1. The number of carbonyl (C=O) groups is 1. The van der Waals surface area contributed by atoms with Crippen molar-refractivity contribution in [1.29, 1.82) is 0 Å². The number of fused-ring (bicyclic) bond motifs is 6. The van der Waals surface area contributed by atoms with Gasteiger partial charge in [0.2, 0.25) is 0 Å². The van der Waals surface area contributed by atoms with Crippen LogP contribution in [0, 0.1) is 5.92 Å². The lowest BCUT2D eigenvalue weighted by Crippen LogP contribution is -2.29. The summed E-state index contributed by atoms with van der Waals surface area (Å²) < 4.78 is 6.04. The minimum absolute atomic E-state index is 0.102. The predicted octanol–water partition coefficient (Wildman–Crippen LogP) is 2.67. The van der Waals surface area contributed by atoms with Gasteiger partial charge in [0.05, 0.1) is 11.8 Å². The van der Waals surface area contributed by atoms with E-state index in [9.17, 15) is 4.79 Å². The fourth-order valence-corrected chi connectivity index (χ4v) is 3.90. The molecule has 1 fully saturated rings. The summed E-state index contributed by atoms with van der Waals surface area (Å²) >= 11 is 0. The SMILES string of the molecule is O=C1NCCCOC2CCCC(CNc3cc(ccn3)C3=NC1=CC3)C2. The Hall–Kier alpha value is -2.21. The Labute approximate surface area is 154 Å². The molecule has 6 nitrogen and oxygen atoms in total. The molecule has 2 atom stereocenters. The van der Waals surface area contributed by atoms with Crippen molar-refractivity contribution in [2.75, 3.05) is 25.0 Å². The molecule has 2 aliphatic heterocycles. The first kappa shape index (κ1) is 17.2. The normalized spacial score (nSPS) is 26.8. The third kappa shape index (κ3) is 4.12. The number of rotatable bonds is 0. The molecular weight excluding hydrogens is 328 g/mol. The van der Waals surface area contributed by atoms with Crippen LogP contribution in [-0.2, 0) is 9.53 Å². The van der Waals surface area contributed by atoms with Gasteiger partial charge in [0.1, 0.15) is 11.5 Å². The molecule has 3 aliphatic rings. The van der Waals surface area contributed by atoms with E-state index < -0.39 is 0 Å². The first-order valence-corrected chi connectivity index (χ1v) is 9.66. The van der Waals surface area contributed by atoms with Gasteiger partial charge in [-0.25, -0.2) is 9.98 Å². The number of anilines is 1. The Morgan fingerprint density at radius 1 is 1.19 bits per heavy atom. The number of nitrogens with zero attached hydrogens (tertiary/aromatic N) is 2. The van der Waals surface area contributed by atoms with E-state index in [1.165, 1.54) is 12.8 Å². The Balaban J connectivity index is 1.52. The molecular formula is C20H26N4O2. The second-order valence-corrected chi connectivity index (χ2v) is 7.30. The Kier molecular flexibility index (Phi) is 5.29. The monoisotopic (exact) mass is 354 g/mol. The van der Waals surface area contributed by atoms with Crippen LogP contribution in [0.1, 0.15) is 44.1 Å². The van der Waals surface area contributed by atoms with Crippen molar-refractivity contribution in [3.05, 3.63) is 35.7 Å². The van der Waals surface area contributed by atoms with E-state index in [-0.39, 0.29) is 5.91 Å². The molecule has 0 spiro atoms. The summed E-state index contributed by atoms with van der Waals surface area (Å²) in [6.07, 6.45) is 10.2. The Morgan fingerprint density at radius 2 is 2.15 bits per heavy atom. The van der Waals surface area contributed by atoms with Crippen molar-refractivity contribution in [3.8, 4) is 0 Å². The van der Waals surface area contributed by atoms with Gasteiger partial charge in [0, 0.05) is 37.9 Å². The molecule has 1 saturated carbocycles. The average Bonchev–Trinajstić information content (AvgIpc) is 3.16. The Bertz CT molecular complexity index is 728. The minimum atomic E-state index is -0.102. The maximum atomic E-state index is 12.3. The number of ether oxygens (including phenoxy) is 1. The maximum Gasteiger partial charge on any atom is 0.269 e. The van der Waals surface area contributed by atoms with Crippen LogP contribution in [-0.4, -0.2) is 42.4 Å². The van der Waals surface area contributed by atoms with Gasteiger partial charge in [0.15, 0.2) is 0 Å². The number of hydrogen-bond acceptors (Lipinski definition) is 5. The molecule has 6 bridgehead atoms. The summed E-state index contributed by atoms with van der Waals surface area (Å²) in [4.78, 5) is 21.2. The number of pyridine rings is 1. The second kappa shape index (κ2) is 7.99. The smallest absolute Gasteiger partial charge is 0.269 e. The van der Waals surface area contributed by atoms with E-state index in [0.29, 0.717) is 37.3 Å². The van der Waals surface area contributed by atoms with E-state index in [1.54, 1.807) is 6.20 Å². The summed E-state index contributed by atoms with van der Waals surface area (Å²) in [6, 6.07) is 3.99. The van der Waals surface area contributed by atoms with Crippen LogP contribution >= 0.6 is 0 Å². The van der Waals surface area contributed by atoms with Crippen LogP contribution in [0.2, 0.25) is 0 Å². The van der Waals surface area contributed by atoms with Gasteiger partial charge in [-0.15, -0.1) is 0 Å². The van der Waals surface area contributed by atoms with Crippen LogP contribution in [0.15, 0.2) is 35.1 Å². The van der Waals surface area contributed by atoms with Crippen LogP contribution in [0.25, 0.3) is 0 Å². The quantitative estimate of drug-likeness (QED) is 0.751. The van der Waals surface area contributed by atoms with Gasteiger partial charge in [-0.2, -0.15) is 0 Å². The molecule has 1 aromatic rings. The van der Waals surface area contributed by atoms with Crippen molar-refractivity contribution in [2.45, 2.75) is 44.6 Å². The zero-order valence-corrected chi connectivity index (χ0v) is 15.0. The standard InChI is InChI=1S/C20H26N4O2/c25-20-18-6-5-17(24-18)15-7-9-21-19(12-15)23-13-14-3-1-4-16(11-14)26-10-2-8-22-20/h6-7,9,12,14,16H,1-5,8,10-11,13H2,(H,21,23)(H,22,25). The third-order valence-electron chi connectivity index (χ3n) is 5.34. The van der Waals surface area contributed by atoms with Crippen molar-refractivity contribution in [3.63, 3.8) is 0 Å². The molecule has 1 aromatic heterocycles. The van der Waals surface area contributed by atoms with Crippen LogP contribution in [0.5, 0.6) is 0 Å². The minimum Gasteiger partial charge on any atom is -0.378 e. The summed E-state index contributed by atoms with van der Waals surface area (Å²) in [5.41, 5.74) is 2.45. The van der Waals surface area contributed by atoms with Gasteiger partial charge in [-0.3, -0.25) is 4.79 Å². The molecule has 4 rings (SSSR count). The number of carbonyl (C=O) groups excluding carboxylic acids is 1. The number of aliphatic imine (C=N–C) groups is 1. The maximum absolute atomic E-state index is 12.3. The summed E-state index contributed by atoms with van der Waals surface area (Å²) in [5.74, 6) is 1.39. The zero-order valence-electron chi connectivity index (χ0n) is 15.0. The van der Waals surface area contributed by atoms with Crippen LogP contribution in [0.4, 0.5) is 5.82 Å². The largest absolute Gasteiger partial charge is 0.378 e. The first-order valence-electron chi connectivity index (χ1n) is 9.66. The molecule has 2 N–H and O–H groups in total. The molecule has 26 heavy (non-hydrogen) atoms. The van der Waals surface area contributed by atoms with Gasteiger partial charge < -0.3 is 15.4 Å². The fourth-order valence-electron chi connectivity index (χ4n) is 3.90. The molecule has 0 radical (unpaired) electrons. The Morgan fingerprint density at radius 3 is 3.12 bits per heavy atom. The lowest BCUT2D eigenvalue weighted by molar-refractivity contribution is -0.117. The molecule has 1 aliphatic carbocycles. The predicted molar refractivity (Wildman–Crippen MR) is 101 cm³/mol. The van der Waals surface area contributed by atoms with Crippen LogP contribution < -0.4 is 10.6 Å². The fraction of sp³-hybridized carbons (Fsp3) is 0.550. The van der Waals surface area contributed by atoms with Crippen molar-refractivity contribution < 1.29 is 9.53 Å². The van der Waals surface area contributed by atoms with Gasteiger partial charge in [0.25, 0.3) is 5.91 Å². The first-order chi connectivity index (χ1) is 12.8. The molecule has 2 unspecified atom stereocenters. The van der Waals surface area contributed by atoms with Gasteiger partial charge >= 0.3 is 0 Å². The number of amides is 1. The molecule has 1 amide bonds. The topological polar surface area (TPSA) is 75.6 Å². The highest BCUT2D eigenvalue weighted by atomic mass is 16.5. The number of allylic oxidation sites excluding steroid dienone is 1. The highest BCUT2D eigenvalue weighted by Crippen LogP contribution is 2.27. The van der Waals surface area contributed by atoms with Gasteiger partial charge in [-0.1, -0.05) is 6.42 Å². The molecule has 0 aromatic carbocycles. The van der Waals surface area contributed by atoms with E-state index >= 15 is 0 Å². The lowest BCUT2D eigenvalue weighted by Gasteiger charge is -2.29. The summed E-state index contributed by atoms with van der Waals surface area (Å²) in [5, 5.41) is 6.43. The highest BCUT2D eigenvalue weighted by Gasteiger charge is 2.23. The summed E-state index contributed by atoms with van der Waals surface area (Å²) in [6.45, 7) is 2.24. The van der Waals surface area contributed by atoms with E-state index in [2.05, 4.69) is 20.6 Å². The second-order valence-electron chi connectivity index (χ2n) is 7.30. The number of hydrogen-bond donors (Lipinski definition) is 2. The average molecular weight is 354 g/mol. The zero-order chi connectivity index (χ0) is 17.8. The highest BCUT2D eigenvalue weighted by molar-refractivity contribution is 6.08. The molecule has 138 valence electrons. The summed E-state index contributed by atoms with van der Waals surface area (Å²) in [7, 11) is 0. The molecule has 0 saturated heterocycles. The number of nitrogens with one attached hydrogen (secondary N) is 2. The lowest BCUT2D eigenvalue weighted by atomic mass is 9.87. The van der Waals surface area contributed by atoms with E-state index in [4.69, 9.17) is 4.74 Å². The van der Waals surface area contributed by atoms with E-state index in [1.807, 2.05) is 18.2 Å². The van der Waals surface area contributed by atoms with Gasteiger partial charge in [-0.05, 0) is 49.8 Å². The van der Waals surface area contributed by atoms with Crippen molar-refractivity contribution >= 4 is 17.4 Å².